The molecule has 0 N–H and O–H groups in total. The van der Waals surface area contributed by atoms with E-state index in [0.29, 0.717) is 5.54 Å². The van der Waals surface area contributed by atoms with Crippen molar-refractivity contribution in [3.8, 4) is 0 Å². The standard InChI is InChI=1S/C19H25N2/c1-2-4-18(5-3-1)20-6-7-21(14-20)19-11-15-8-16(12-19)10-17(9-15)13-19/h1-5,14-17H,6-13H2/q+1. The average molecular weight is 281 g/mol. The second-order valence-corrected chi connectivity index (χ2v) is 7.98. The molecule has 4 aliphatic carbocycles. The van der Waals surface area contributed by atoms with Crippen LogP contribution in [0.15, 0.2) is 30.3 Å². The van der Waals surface area contributed by atoms with E-state index in [9.17, 15) is 0 Å². The van der Waals surface area contributed by atoms with Crippen LogP contribution in [0.2, 0.25) is 0 Å². The van der Waals surface area contributed by atoms with E-state index in [2.05, 4.69) is 46.1 Å². The summed E-state index contributed by atoms with van der Waals surface area (Å²) in [5.74, 6) is 3.11. The lowest BCUT2D eigenvalue weighted by atomic mass is 9.53. The number of hydrogen-bond acceptors (Lipinski definition) is 1. The minimum absolute atomic E-state index is 0.526. The van der Waals surface area contributed by atoms with Crippen molar-refractivity contribution >= 4 is 12.0 Å². The van der Waals surface area contributed by atoms with E-state index in [-0.39, 0.29) is 0 Å². The molecule has 6 rings (SSSR count). The van der Waals surface area contributed by atoms with Gasteiger partial charge in [0.2, 0.25) is 6.34 Å². The maximum absolute atomic E-state index is 2.74. The first-order chi connectivity index (χ1) is 10.3. The van der Waals surface area contributed by atoms with Crippen LogP contribution >= 0.6 is 0 Å². The van der Waals surface area contributed by atoms with Crippen LogP contribution < -0.4 is 4.90 Å². The Kier molecular flexibility index (Phi) is 2.54. The number of hydrogen-bond donors (Lipinski definition) is 0. The third kappa shape index (κ3) is 1.88. The first kappa shape index (κ1) is 12.3. The summed E-state index contributed by atoms with van der Waals surface area (Å²) >= 11 is 0. The van der Waals surface area contributed by atoms with Gasteiger partial charge in [-0.2, -0.15) is 0 Å². The SMILES string of the molecule is C1=[N+](C23CC4CC(CC(C4)C2)C3)CCN1c1ccccc1. The lowest BCUT2D eigenvalue weighted by molar-refractivity contribution is -0.614. The summed E-state index contributed by atoms with van der Waals surface area (Å²) in [7, 11) is 0. The molecule has 0 radical (unpaired) electrons. The fourth-order valence-corrected chi connectivity index (χ4v) is 6.09. The van der Waals surface area contributed by atoms with Gasteiger partial charge in [0, 0.05) is 0 Å². The van der Waals surface area contributed by atoms with Gasteiger partial charge in [0.25, 0.3) is 0 Å². The highest BCUT2D eigenvalue weighted by Crippen LogP contribution is 2.57. The lowest BCUT2D eigenvalue weighted by Gasteiger charge is -2.55. The molecule has 0 amide bonds. The Bertz CT molecular complexity index is 539. The van der Waals surface area contributed by atoms with Gasteiger partial charge in [-0.25, -0.2) is 4.90 Å². The summed E-state index contributed by atoms with van der Waals surface area (Å²) in [5.41, 5.74) is 1.88. The first-order valence-corrected chi connectivity index (χ1v) is 8.74. The monoisotopic (exact) mass is 281 g/mol. The molecule has 1 aromatic carbocycles. The Morgan fingerprint density at radius 1 is 0.905 bits per heavy atom. The molecule has 0 aromatic heterocycles. The largest absolute Gasteiger partial charge is 0.259 e. The highest BCUT2D eigenvalue weighted by Gasteiger charge is 2.55. The van der Waals surface area contributed by atoms with Gasteiger partial charge in [0.1, 0.15) is 24.3 Å². The van der Waals surface area contributed by atoms with Crippen molar-refractivity contribution in [3.05, 3.63) is 30.3 Å². The van der Waals surface area contributed by atoms with Gasteiger partial charge < -0.3 is 0 Å². The number of para-hydroxylation sites is 1. The second kappa shape index (κ2) is 4.34. The fourth-order valence-electron chi connectivity index (χ4n) is 6.09. The summed E-state index contributed by atoms with van der Waals surface area (Å²) in [6.45, 7) is 2.38. The van der Waals surface area contributed by atoms with Gasteiger partial charge in [0.15, 0.2) is 0 Å². The zero-order valence-electron chi connectivity index (χ0n) is 12.7. The molecule has 2 heteroatoms. The van der Waals surface area contributed by atoms with Gasteiger partial charge >= 0.3 is 0 Å². The Labute approximate surface area is 127 Å². The molecule has 0 unspecified atom stereocenters. The Balaban J connectivity index is 1.46. The highest BCUT2D eigenvalue weighted by molar-refractivity contribution is 5.77. The molecule has 1 aliphatic heterocycles. The van der Waals surface area contributed by atoms with E-state index >= 15 is 0 Å². The van der Waals surface area contributed by atoms with Crippen molar-refractivity contribution in [1.29, 1.82) is 0 Å². The molecule has 5 aliphatic rings. The number of benzene rings is 1. The average Bonchev–Trinajstić information content (AvgIpc) is 2.97. The van der Waals surface area contributed by atoms with Gasteiger partial charge in [-0.05, 0) is 68.4 Å². The molecule has 4 fully saturated rings. The van der Waals surface area contributed by atoms with Gasteiger partial charge in [-0.1, -0.05) is 18.2 Å². The highest BCUT2D eigenvalue weighted by atomic mass is 15.3. The quantitative estimate of drug-likeness (QED) is 0.752. The van der Waals surface area contributed by atoms with Crippen LogP contribution in [-0.2, 0) is 0 Å². The minimum Gasteiger partial charge on any atom is -0.259 e. The molecule has 4 bridgehead atoms. The molecular formula is C19H25N2+. The molecule has 4 saturated carbocycles. The van der Waals surface area contributed by atoms with E-state index in [4.69, 9.17) is 0 Å². The second-order valence-electron chi connectivity index (χ2n) is 7.98. The smallest absolute Gasteiger partial charge is 0.240 e. The van der Waals surface area contributed by atoms with Gasteiger partial charge in [0.05, 0.1) is 0 Å². The molecule has 0 atom stereocenters. The van der Waals surface area contributed by atoms with E-state index in [1.807, 2.05) is 0 Å². The van der Waals surface area contributed by atoms with E-state index in [0.717, 1.165) is 24.3 Å². The summed E-state index contributed by atoms with van der Waals surface area (Å²) < 4.78 is 2.74. The van der Waals surface area contributed by atoms with E-state index < -0.39 is 0 Å². The maximum Gasteiger partial charge on any atom is 0.240 e. The van der Waals surface area contributed by atoms with Crippen LogP contribution in [0.4, 0.5) is 5.69 Å². The van der Waals surface area contributed by atoms with Crippen molar-refractivity contribution in [2.24, 2.45) is 17.8 Å². The van der Waals surface area contributed by atoms with Crippen molar-refractivity contribution in [1.82, 2.24) is 0 Å². The fraction of sp³-hybridized carbons (Fsp3) is 0.632. The van der Waals surface area contributed by atoms with Gasteiger partial charge in [-0.15, -0.1) is 0 Å². The van der Waals surface area contributed by atoms with Crippen LogP contribution in [0.5, 0.6) is 0 Å². The lowest BCUT2D eigenvalue weighted by Crippen LogP contribution is -2.56. The zero-order chi connectivity index (χ0) is 13.9. The number of rotatable bonds is 2. The van der Waals surface area contributed by atoms with Crippen molar-refractivity contribution in [3.63, 3.8) is 0 Å². The summed E-state index contributed by atoms with van der Waals surface area (Å²) in [5, 5.41) is 0. The Morgan fingerprint density at radius 3 is 2.14 bits per heavy atom. The third-order valence-corrected chi connectivity index (χ3v) is 6.56. The number of anilines is 1. The topological polar surface area (TPSA) is 6.25 Å². The summed E-state index contributed by atoms with van der Waals surface area (Å²) in [4.78, 5) is 2.46. The molecule has 1 heterocycles. The Hall–Kier alpha value is -1.31. The summed E-state index contributed by atoms with van der Waals surface area (Å²) in [6, 6.07) is 10.9. The molecule has 1 aromatic rings. The zero-order valence-corrected chi connectivity index (χ0v) is 12.7. The molecule has 0 spiro atoms. The van der Waals surface area contributed by atoms with E-state index in [1.165, 1.54) is 50.8 Å². The maximum atomic E-state index is 2.74. The molecule has 110 valence electrons. The van der Waals surface area contributed by atoms with Crippen molar-refractivity contribution in [2.45, 2.75) is 44.1 Å². The van der Waals surface area contributed by atoms with Crippen LogP contribution in [0.3, 0.4) is 0 Å². The third-order valence-electron chi connectivity index (χ3n) is 6.56. The predicted octanol–water partition coefficient (Wildman–Crippen LogP) is 3.52. The minimum atomic E-state index is 0.526. The Morgan fingerprint density at radius 2 is 1.52 bits per heavy atom. The first-order valence-electron chi connectivity index (χ1n) is 8.74. The normalized spacial score (nSPS) is 40.7. The van der Waals surface area contributed by atoms with Crippen LogP contribution in [-0.4, -0.2) is 29.5 Å². The van der Waals surface area contributed by atoms with Crippen LogP contribution in [0, 0.1) is 17.8 Å². The molecule has 0 saturated heterocycles. The predicted molar refractivity (Wildman–Crippen MR) is 85.9 cm³/mol. The van der Waals surface area contributed by atoms with Gasteiger partial charge in [-0.3, -0.25) is 4.58 Å². The summed E-state index contributed by atoms with van der Waals surface area (Å²) in [6.07, 6.45) is 11.5. The van der Waals surface area contributed by atoms with Crippen LogP contribution in [0.25, 0.3) is 0 Å². The molecular weight excluding hydrogens is 256 g/mol. The van der Waals surface area contributed by atoms with E-state index in [1.54, 1.807) is 0 Å². The molecule has 2 nitrogen and oxygen atoms in total. The van der Waals surface area contributed by atoms with Crippen LogP contribution in [0.1, 0.15) is 38.5 Å². The number of nitrogens with zero attached hydrogens (tertiary/aromatic N) is 2. The van der Waals surface area contributed by atoms with Crippen molar-refractivity contribution in [2.75, 3.05) is 18.0 Å². The van der Waals surface area contributed by atoms with Crippen molar-refractivity contribution < 1.29 is 4.58 Å². The molecule has 21 heavy (non-hydrogen) atoms.